The van der Waals surface area contributed by atoms with Crippen LogP contribution in [0.15, 0.2) is 18.2 Å². The van der Waals surface area contributed by atoms with Crippen molar-refractivity contribution in [1.82, 2.24) is 5.32 Å². The SMILES string of the molecule is CCc1ccc(F)cc1[C@H]1CCN1. The largest absolute Gasteiger partial charge is 0.310 e. The minimum atomic E-state index is -0.124. The van der Waals surface area contributed by atoms with Crippen LogP contribution in [0, 0.1) is 5.82 Å². The van der Waals surface area contributed by atoms with Crippen LogP contribution in [0.25, 0.3) is 0 Å². The van der Waals surface area contributed by atoms with Crippen molar-refractivity contribution < 1.29 is 4.39 Å². The predicted octanol–water partition coefficient (Wildman–Crippen LogP) is 2.42. The molecule has 1 heterocycles. The van der Waals surface area contributed by atoms with Crippen molar-refractivity contribution in [3.05, 3.63) is 35.1 Å². The monoisotopic (exact) mass is 179 g/mol. The third kappa shape index (κ3) is 1.59. The molecule has 0 radical (unpaired) electrons. The topological polar surface area (TPSA) is 12.0 Å². The van der Waals surface area contributed by atoms with E-state index in [2.05, 4.69) is 12.2 Å². The van der Waals surface area contributed by atoms with E-state index in [0.29, 0.717) is 6.04 Å². The van der Waals surface area contributed by atoms with E-state index in [9.17, 15) is 4.39 Å². The van der Waals surface area contributed by atoms with Gasteiger partial charge in [0.25, 0.3) is 0 Å². The molecule has 0 saturated carbocycles. The molecule has 0 amide bonds. The van der Waals surface area contributed by atoms with Gasteiger partial charge in [-0.3, -0.25) is 0 Å². The van der Waals surface area contributed by atoms with Crippen molar-refractivity contribution in [2.45, 2.75) is 25.8 Å². The van der Waals surface area contributed by atoms with E-state index in [1.165, 1.54) is 5.56 Å². The average Bonchev–Trinajstić information content (AvgIpc) is 2.02. The van der Waals surface area contributed by atoms with E-state index in [-0.39, 0.29) is 5.82 Å². The molecule has 0 spiro atoms. The van der Waals surface area contributed by atoms with E-state index in [1.807, 2.05) is 6.07 Å². The van der Waals surface area contributed by atoms with Crippen molar-refractivity contribution in [3.63, 3.8) is 0 Å². The van der Waals surface area contributed by atoms with Crippen molar-refractivity contribution in [1.29, 1.82) is 0 Å². The fraction of sp³-hybridized carbons (Fsp3) is 0.455. The Morgan fingerprint density at radius 1 is 1.54 bits per heavy atom. The Hall–Kier alpha value is -0.890. The minimum absolute atomic E-state index is 0.124. The number of aryl methyl sites for hydroxylation is 1. The molecule has 1 nitrogen and oxygen atoms in total. The zero-order valence-electron chi connectivity index (χ0n) is 7.81. The van der Waals surface area contributed by atoms with Gasteiger partial charge in [-0.05, 0) is 42.6 Å². The number of hydrogen-bond donors (Lipinski definition) is 1. The zero-order chi connectivity index (χ0) is 9.26. The molecule has 1 N–H and O–H groups in total. The molecule has 1 aromatic carbocycles. The van der Waals surface area contributed by atoms with E-state index >= 15 is 0 Å². The first-order valence-corrected chi connectivity index (χ1v) is 4.83. The van der Waals surface area contributed by atoms with Crippen LogP contribution < -0.4 is 5.32 Å². The number of hydrogen-bond acceptors (Lipinski definition) is 1. The van der Waals surface area contributed by atoms with Gasteiger partial charge >= 0.3 is 0 Å². The van der Waals surface area contributed by atoms with Crippen molar-refractivity contribution in [3.8, 4) is 0 Å². The Bertz CT molecular complexity index is 305. The van der Waals surface area contributed by atoms with E-state index in [4.69, 9.17) is 0 Å². The summed E-state index contributed by atoms with van der Waals surface area (Å²) >= 11 is 0. The Kier molecular flexibility index (Phi) is 2.32. The maximum atomic E-state index is 13.0. The van der Waals surface area contributed by atoms with Gasteiger partial charge in [0.15, 0.2) is 0 Å². The second-order valence-electron chi connectivity index (χ2n) is 3.49. The standard InChI is InChI=1S/C11H14FN/c1-2-8-3-4-9(12)7-10(8)11-5-6-13-11/h3-4,7,11,13H,2,5-6H2,1H3/t11-/m1/s1. The molecule has 1 aliphatic heterocycles. The summed E-state index contributed by atoms with van der Waals surface area (Å²) in [5.74, 6) is -0.124. The van der Waals surface area contributed by atoms with E-state index < -0.39 is 0 Å². The van der Waals surface area contributed by atoms with Gasteiger partial charge in [-0.15, -0.1) is 0 Å². The molecule has 1 fully saturated rings. The Morgan fingerprint density at radius 3 is 2.85 bits per heavy atom. The molecule has 0 aliphatic carbocycles. The molecular formula is C11H14FN. The summed E-state index contributed by atoms with van der Waals surface area (Å²) in [6.07, 6.45) is 2.12. The lowest BCUT2D eigenvalue weighted by atomic mass is 9.92. The van der Waals surface area contributed by atoms with Crippen LogP contribution in [0.4, 0.5) is 4.39 Å². The summed E-state index contributed by atoms with van der Waals surface area (Å²) in [4.78, 5) is 0. The first kappa shape index (κ1) is 8.70. The summed E-state index contributed by atoms with van der Waals surface area (Å²) in [6, 6.07) is 5.49. The maximum Gasteiger partial charge on any atom is 0.123 e. The molecule has 0 unspecified atom stereocenters. The molecule has 1 atom stereocenters. The van der Waals surface area contributed by atoms with Gasteiger partial charge in [-0.25, -0.2) is 4.39 Å². The Labute approximate surface area is 78.0 Å². The zero-order valence-corrected chi connectivity index (χ0v) is 7.81. The van der Waals surface area contributed by atoms with Crippen molar-refractivity contribution in [2.24, 2.45) is 0 Å². The molecule has 1 saturated heterocycles. The van der Waals surface area contributed by atoms with Crippen LogP contribution >= 0.6 is 0 Å². The van der Waals surface area contributed by atoms with Crippen molar-refractivity contribution in [2.75, 3.05) is 6.54 Å². The second kappa shape index (κ2) is 3.46. The number of halogens is 1. The van der Waals surface area contributed by atoms with Crippen LogP contribution in [-0.4, -0.2) is 6.54 Å². The number of nitrogens with one attached hydrogen (secondary N) is 1. The highest BCUT2D eigenvalue weighted by molar-refractivity contribution is 5.31. The average molecular weight is 179 g/mol. The predicted molar refractivity (Wildman–Crippen MR) is 51.1 cm³/mol. The highest BCUT2D eigenvalue weighted by Crippen LogP contribution is 2.26. The van der Waals surface area contributed by atoms with Crippen LogP contribution in [0.3, 0.4) is 0 Å². The highest BCUT2D eigenvalue weighted by Gasteiger charge is 2.20. The molecule has 0 bridgehead atoms. The summed E-state index contributed by atoms with van der Waals surface area (Å²) in [7, 11) is 0. The van der Waals surface area contributed by atoms with E-state index in [0.717, 1.165) is 24.9 Å². The molecule has 70 valence electrons. The molecule has 2 heteroatoms. The van der Waals surface area contributed by atoms with Gasteiger partial charge < -0.3 is 5.32 Å². The smallest absolute Gasteiger partial charge is 0.123 e. The second-order valence-corrected chi connectivity index (χ2v) is 3.49. The molecule has 0 aromatic heterocycles. The lowest BCUT2D eigenvalue weighted by Gasteiger charge is -2.29. The van der Waals surface area contributed by atoms with Gasteiger partial charge in [0.1, 0.15) is 5.82 Å². The third-order valence-electron chi connectivity index (χ3n) is 2.69. The fourth-order valence-corrected chi connectivity index (χ4v) is 1.77. The normalized spacial score (nSPS) is 21.2. The Morgan fingerprint density at radius 2 is 2.31 bits per heavy atom. The van der Waals surface area contributed by atoms with Gasteiger partial charge in [0.05, 0.1) is 0 Å². The lowest BCUT2D eigenvalue weighted by Crippen LogP contribution is -2.35. The molecule has 1 aromatic rings. The summed E-state index contributed by atoms with van der Waals surface area (Å²) in [5.41, 5.74) is 2.41. The lowest BCUT2D eigenvalue weighted by molar-refractivity contribution is 0.379. The summed E-state index contributed by atoms with van der Waals surface area (Å²) in [5, 5.41) is 3.30. The Balaban J connectivity index is 2.33. The van der Waals surface area contributed by atoms with Gasteiger partial charge in [-0.1, -0.05) is 13.0 Å². The first-order chi connectivity index (χ1) is 6.31. The van der Waals surface area contributed by atoms with Gasteiger partial charge in [0, 0.05) is 6.04 Å². The van der Waals surface area contributed by atoms with Crippen LogP contribution in [0.1, 0.15) is 30.5 Å². The molecule has 13 heavy (non-hydrogen) atoms. The molecule has 1 aliphatic rings. The third-order valence-corrected chi connectivity index (χ3v) is 2.69. The summed E-state index contributed by atoms with van der Waals surface area (Å²) < 4.78 is 13.0. The van der Waals surface area contributed by atoms with Crippen molar-refractivity contribution >= 4 is 0 Å². The van der Waals surface area contributed by atoms with Crippen LogP contribution in [0.5, 0.6) is 0 Å². The van der Waals surface area contributed by atoms with Gasteiger partial charge in [-0.2, -0.15) is 0 Å². The van der Waals surface area contributed by atoms with Crippen LogP contribution in [0.2, 0.25) is 0 Å². The number of rotatable bonds is 2. The fourth-order valence-electron chi connectivity index (χ4n) is 1.77. The quantitative estimate of drug-likeness (QED) is 0.735. The number of benzene rings is 1. The summed E-state index contributed by atoms with van der Waals surface area (Å²) in [6.45, 7) is 3.17. The van der Waals surface area contributed by atoms with Gasteiger partial charge in [0.2, 0.25) is 0 Å². The first-order valence-electron chi connectivity index (χ1n) is 4.83. The minimum Gasteiger partial charge on any atom is -0.310 e. The highest BCUT2D eigenvalue weighted by atomic mass is 19.1. The van der Waals surface area contributed by atoms with E-state index in [1.54, 1.807) is 12.1 Å². The molecule has 2 rings (SSSR count). The molecular weight excluding hydrogens is 165 g/mol. The maximum absolute atomic E-state index is 13.0. The van der Waals surface area contributed by atoms with Crippen LogP contribution in [-0.2, 0) is 6.42 Å².